The van der Waals surface area contributed by atoms with Crippen LogP contribution in [0.3, 0.4) is 0 Å². The first-order valence-electron chi connectivity index (χ1n) is 9.97. The molecule has 7 nitrogen and oxygen atoms in total. The van der Waals surface area contributed by atoms with Gasteiger partial charge in [-0.15, -0.1) is 0 Å². The van der Waals surface area contributed by atoms with E-state index in [4.69, 9.17) is 16.1 Å². The Kier molecular flexibility index (Phi) is 6.36. The first-order chi connectivity index (χ1) is 16.1. The molecule has 182 valence electrons. The number of carbonyl (C=O) groups is 1. The van der Waals surface area contributed by atoms with E-state index in [1.807, 2.05) is 6.92 Å². The smallest absolute Gasteiger partial charge is 0.356 e. The van der Waals surface area contributed by atoms with E-state index < -0.39 is 28.5 Å². The number of nitrogens with zero attached hydrogens (tertiary/aromatic N) is 5. The van der Waals surface area contributed by atoms with E-state index in [1.165, 1.54) is 40.2 Å². The minimum absolute atomic E-state index is 0. The van der Waals surface area contributed by atoms with Crippen LogP contribution < -0.4 is 4.90 Å². The summed E-state index contributed by atoms with van der Waals surface area (Å²) in [7, 11) is 0. The lowest BCUT2D eigenvalue weighted by Gasteiger charge is -2.32. The van der Waals surface area contributed by atoms with Gasteiger partial charge in [0.1, 0.15) is 17.2 Å². The van der Waals surface area contributed by atoms with Gasteiger partial charge in [0.15, 0.2) is 5.76 Å². The molecule has 3 aromatic heterocycles. The Morgan fingerprint density at radius 2 is 1.91 bits per heavy atom. The number of anilines is 1. The average Bonchev–Trinajstić information content (AvgIpc) is 3.43. The summed E-state index contributed by atoms with van der Waals surface area (Å²) in [5.41, 5.74) is 0.433. The lowest BCUT2D eigenvalue weighted by molar-refractivity contribution is -0.137. The van der Waals surface area contributed by atoms with Crippen LogP contribution in [-0.2, 0) is 6.18 Å². The summed E-state index contributed by atoms with van der Waals surface area (Å²) >= 11 is 5.87. The van der Waals surface area contributed by atoms with Gasteiger partial charge in [-0.2, -0.15) is 31.8 Å². The summed E-state index contributed by atoms with van der Waals surface area (Å²) in [5.74, 6) is -0.795. The fourth-order valence-corrected chi connectivity index (χ4v) is 4.14. The number of halogens is 5. The highest BCUT2D eigenvalue weighted by Gasteiger charge is 2.37. The monoisotopic (exact) mass is 525 g/mol. The Labute approximate surface area is 207 Å². The van der Waals surface area contributed by atoms with Crippen molar-refractivity contribution in [2.24, 2.45) is 0 Å². The van der Waals surface area contributed by atoms with Crippen molar-refractivity contribution >= 4 is 36.7 Å². The molecule has 1 aliphatic rings. The van der Waals surface area contributed by atoms with Crippen LogP contribution in [0.15, 0.2) is 53.4 Å². The molecule has 0 fully saturated rings. The molecule has 1 amide bonds. The number of hydrogen-bond acceptors (Lipinski definition) is 5. The lowest BCUT2D eigenvalue weighted by Crippen LogP contribution is -2.42. The summed E-state index contributed by atoms with van der Waals surface area (Å²) in [5, 5.41) is 7.78. The molecule has 4 aromatic rings. The van der Waals surface area contributed by atoms with E-state index in [9.17, 15) is 22.4 Å². The van der Waals surface area contributed by atoms with Gasteiger partial charge < -0.3 is 9.42 Å². The molecule has 0 saturated heterocycles. The van der Waals surface area contributed by atoms with Crippen LogP contribution >= 0.6 is 25.1 Å². The molecule has 5 rings (SSSR count). The van der Waals surface area contributed by atoms with Gasteiger partial charge in [-0.1, -0.05) is 16.8 Å². The number of pyridine rings is 1. The van der Waals surface area contributed by atoms with E-state index >= 15 is 0 Å². The summed E-state index contributed by atoms with van der Waals surface area (Å²) in [4.78, 5) is 18.5. The van der Waals surface area contributed by atoms with Crippen LogP contribution in [0.1, 0.15) is 29.0 Å². The molecular formula is C22H16ClF4N5O2S. The summed E-state index contributed by atoms with van der Waals surface area (Å²) in [6, 6.07) is 5.64. The fourth-order valence-electron chi connectivity index (χ4n) is 3.86. The molecule has 0 saturated carbocycles. The summed E-state index contributed by atoms with van der Waals surface area (Å²) in [6.07, 6.45) is -0.692. The van der Waals surface area contributed by atoms with Crippen molar-refractivity contribution in [3.8, 4) is 22.6 Å². The van der Waals surface area contributed by atoms with Crippen molar-refractivity contribution in [3.05, 3.63) is 71.0 Å². The van der Waals surface area contributed by atoms with Crippen LogP contribution in [0.5, 0.6) is 0 Å². The number of hydrogen-bond donors (Lipinski definition) is 0. The lowest BCUT2D eigenvalue weighted by atomic mass is 10.1. The van der Waals surface area contributed by atoms with Crippen LogP contribution in [0.4, 0.5) is 23.2 Å². The standard InChI is InChI=1S/C22H14ClF4N5O2.H2S/c1-11-10-31(14-2-3-16(17(23)5-14)22(25,26)27)21(33)20-15(9-29-32(11)20)18-6-19(34-30-18)12-4-13(24)8-28-7-12;/h2-9,11H,10H2,1H3;1H2/t11-;/m0./s1. The fraction of sp³-hybridized carbons (Fsp3) is 0.182. The SMILES string of the molecule is C[C@H]1CN(c2ccc(C(F)(F)F)c(Cl)c2)C(=O)c2c(-c3cc(-c4cncc(F)c4)on3)cnn21.S. The van der Waals surface area contributed by atoms with Gasteiger partial charge in [-0.05, 0) is 31.2 Å². The van der Waals surface area contributed by atoms with Gasteiger partial charge in [-0.3, -0.25) is 14.5 Å². The number of benzene rings is 1. The van der Waals surface area contributed by atoms with Crippen LogP contribution in [0.2, 0.25) is 5.02 Å². The maximum atomic E-state index is 13.5. The number of rotatable bonds is 3. The second-order valence-corrected chi connectivity index (χ2v) is 8.15. The first kappa shape index (κ1) is 24.7. The molecule has 4 heterocycles. The van der Waals surface area contributed by atoms with E-state index in [1.54, 1.807) is 0 Å². The Bertz CT molecular complexity index is 1420. The third-order valence-electron chi connectivity index (χ3n) is 5.45. The molecule has 0 bridgehead atoms. The van der Waals surface area contributed by atoms with Crippen molar-refractivity contribution < 1.29 is 26.9 Å². The Balaban J connectivity index is 0.00000289. The molecule has 13 heteroatoms. The number of alkyl halides is 3. The van der Waals surface area contributed by atoms with Crippen LogP contribution in [-0.4, -0.2) is 32.4 Å². The van der Waals surface area contributed by atoms with Crippen molar-refractivity contribution in [3.63, 3.8) is 0 Å². The predicted octanol–water partition coefficient (Wildman–Crippen LogP) is 5.75. The van der Waals surface area contributed by atoms with Gasteiger partial charge in [-0.25, -0.2) is 4.39 Å². The molecule has 0 spiro atoms. The quantitative estimate of drug-likeness (QED) is 0.319. The first-order valence-corrected chi connectivity index (χ1v) is 10.4. The number of aromatic nitrogens is 4. The number of fused-ring (bicyclic) bond motifs is 1. The van der Waals surface area contributed by atoms with E-state index in [0.717, 1.165) is 18.3 Å². The van der Waals surface area contributed by atoms with Gasteiger partial charge in [0, 0.05) is 30.1 Å². The highest BCUT2D eigenvalue weighted by Crippen LogP contribution is 2.39. The van der Waals surface area contributed by atoms with Gasteiger partial charge in [0.2, 0.25) is 0 Å². The highest BCUT2D eigenvalue weighted by atomic mass is 35.5. The maximum Gasteiger partial charge on any atom is 0.417 e. The normalized spacial score (nSPS) is 15.7. The molecule has 0 radical (unpaired) electrons. The van der Waals surface area contributed by atoms with Gasteiger partial charge >= 0.3 is 6.18 Å². The summed E-state index contributed by atoms with van der Waals surface area (Å²) < 4.78 is 59.6. The molecule has 0 unspecified atom stereocenters. The number of carbonyl (C=O) groups excluding carboxylic acids is 1. The van der Waals surface area contributed by atoms with E-state index in [0.29, 0.717) is 11.1 Å². The van der Waals surface area contributed by atoms with Crippen molar-refractivity contribution in [1.29, 1.82) is 0 Å². The molecule has 1 aromatic carbocycles. The zero-order valence-corrected chi connectivity index (χ0v) is 19.6. The third-order valence-corrected chi connectivity index (χ3v) is 5.77. The predicted molar refractivity (Wildman–Crippen MR) is 124 cm³/mol. The molecule has 35 heavy (non-hydrogen) atoms. The van der Waals surface area contributed by atoms with Gasteiger partial charge in [0.05, 0.1) is 34.6 Å². The topological polar surface area (TPSA) is 77.1 Å². The zero-order valence-electron chi connectivity index (χ0n) is 17.8. The molecule has 0 N–H and O–H groups in total. The maximum absolute atomic E-state index is 13.5. The van der Waals surface area contributed by atoms with Crippen molar-refractivity contribution in [1.82, 2.24) is 19.9 Å². The van der Waals surface area contributed by atoms with E-state index in [-0.39, 0.29) is 48.9 Å². The second kappa shape index (κ2) is 9.00. The van der Waals surface area contributed by atoms with Gasteiger partial charge in [0.25, 0.3) is 5.91 Å². The third kappa shape index (κ3) is 4.39. The molecule has 1 atom stereocenters. The van der Waals surface area contributed by atoms with Crippen LogP contribution in [0, 0.1) is 5.82 Å². The number of amides is 1. The molecular weight excluding hydrogens is 510 g/mol. The molecule has 1 aliphatic heterocycles. The van der Waals surface area contributed by atoms with E-state index in [2.05, 4.69) is 15.2 Å². The zero-order chi connectivity index (χ0) is 24.2. The Hall–Kier alpha value is -3.38. The minimum Gasteiger partial charge on any atom is -0.356 e. The van der Waals surface area contributed by atoms with Crippen LogP contribution in [0.25, 0.3) is 22.6 Å². The Morgan fingerprint density at radius 3 is 2.60 bits per heavy atom. The minimum atomic E-state index is -4.61. The van der Waals surface area contributed by atoms with Crippen molar-refractivity contribution in [2.75, 3.05) is 11.4 Å². The molecule has 0 aliphatic carbocycles. The Morgan fingerprint density at radius 1 is 1.14 bits per heavy atom. The van der Waals surface area contributed by atoms with Crippen molar-refractivity contribution in [2.45, 2.75) is 19.1 Å². The largest absolute Gasteiger partial charge is 0.417 e. The highest BCUT2D eigenvalue weighted by molar-refractivity contribution is 7.59. The average molecular weight is 526 g/mol. The second-order valence-electron chi connectivity index (χ2n) is 7.75. The summed E-state index contributed by atoms with van der Waals surface area (Å²) in [6.45, 7) is 1.99.